The van der Waals surface area contributed by atoms with Crippen LogP contribution in [0.25, 0.3) is 0 Å². The Labute approximate surface area is 183 Å². The van der Waals surface area contributed by atoms with Gasteiger partial charge in [-0.1, -0.05) is 26.2 Å². The molecule has 0 aliphatic heterocycles. The number of hydrogen-bond acceptors (Lipinski definition) is 6. The zero-order valence-corrected chi connectivity index (χ0v) is 18.1. The number of hydrogen-bond donors (Lipinski definition) is 2. The number of rotatable bonds is 11. The third-order valence-corrected chi connectivity index (χ3v) is 4.96. The molecule has 1 aromatic rings. The summed E-state index contributed by atoms with van der Waals surface area (Å²) in [7, 11) is 0. The van der Waals surface area contributed by atoms with E-state index >= 15 is 0 Å². The quantitative estimate of drug-likeness (QED) is 0.519. The maximum Gasteiger partial charge on any atom is 0.338 e. The van der Waals surface area contributed by atoms with Gasteiger partial charge >= 0.3 is 11.9 Å². The highest BCUT2D eigenvalue weighted by molar-refractivity contribution is 5.94. The summed E-state index contributed by atoms with van der Waals surface area (Å²) in [6.45, 7) is 1.86. The first-order chi connectivity index (χ1) is 15.0. The predicted octanol–water partition coefficient (Wildman–Crippen LogP) is 3.35. The van der Waals surface area contributed by atoms with Crippen LogP contribution in [0.2, 0.25) is 0 Å². The molecule has 1 aromatic carbocycles. The lowest BCUT2D eigenvalue weighted by atomic mass is 9.95. The first-order valence-electron chi connectivity index (χ1n) is 11.0. The molecule has 0 unspecified atom stereocenters. The summed E-state index contributed by atoms with van der Waals surface area (Å²) >= 11 is 0. The van der Waals surface area contributed by atoms with Gasteiger partial charge in [-0.3, -0.25) is 14.4 Å². The van der Waals surface area contributed by atoms with Crippen molar-refractivity contribution in [3.8, 4) is 0 Å². The molecule has 1 aliphatic rings. The van der Waals surface area contributed by atoms with Crippen LogP contribution >= 0.6 is 0 Å². The van der Waals surface area contributed by atoms with Gasteiger partial charge in [-0.2, -0.15) is 0 Å². The third kappa shape index (κ3) is 9.63. The van der Waals surface area contributed by atoms with Crippen LogP contribution in [-0.4, -0.2) is 43.0 Å². The highest BCUT2D eigenvalue weighted by atomic mass is 16.5. The van der Waals surface area contributed by atoms with Gasteiger partial charge in [0.1, 0.15) is 0 Å². The van der Waals surface area contributed by atoms with E-state index in [2.05, 4.69) is 10.6 Å². The van der Waals surface area contributed by atoms with Crippen molar-refractivity contribution >= 4 is 29.4 Å². The number of anilines is 1. The van der Waals surface area contributed by atoms with Crippen molar-refractivity contribution in [1.82, 2.24) is 5.32 Å². The van der Waals surface area contributed by atoms with Gasteiger partial charge in [0.25, 0.3) is 5.91 Å². The molecule has 0 aromatic heterocycles. The normalized spacial score (nSPS) is 13.8. The largest absolute Gasteiger partial charge is 0.462 e. The van der Waals surface area contributed by atoms with Gasteiger partial charge in [0.05, 0.1) is 12.2 Å². The van der Waals surface area contributed by atoms with Crippen molar-refractivity contribution in [1.29, 1.82) is 0 Å². The van der Waals surface area contributed by atoms with Crippen LogP contribution in [0, 0.1) is 0 Å². The summed E-state index contributed by atoms with van der Waals surface area (Å²) < 4.78 is 10.00. The molecule has 1 fully saturated rings. The molecule has 170 valence electrons. The summed E-state index contributed by atoms with van der Waals surface area (Å²) in [5.74, 6) is -1.46. The van der Waals surface area contributed by atoms with E-state index in [4.69, 9.17) is 9.47 Å². The molecule has 8 heteroatoms. The van der Waals surface area contributed by atoms with Crippen LogP contribution in [-0.2, 0) is 23.9 Å². The van der Waals surface area contributed by atoms with E-state index in [0.29, 0.717) is 24.3 Å². The number of nitrogens with one attached hydrogen (secondary N) is 2. The molecular weight excluding hydrogens is 400 g/mol. The molecule has 2 N–H and O–H groups in total. The van der Waals surface area contributed by atoms with Crippen molar-refractivity contribution in [2.45, 2.75) is 70.8 Å². The summed E-state index contributed by atoms with van der Waals surface area (Å²) in [5, 5.41) is 5.60. The Bertz CT molecular complexity index is 741. The number of carbonyl (C=O) groups excluding carboxylic acids is 4. The van der Waals surface area contributed by atoms with Crippen molar-refractivity contribution in [3.05, 3.63) is 29.8 Å². The Morgan fingerprint density at radius 1 is 0.935 bits per heavy atom. The van der Waals surface area contributed by atoms with Gasteiger partial charge < -0.3 is 20.1 Å². The summed E-state index contributed by atoms with van der Waals surface area (Å²) in [4.78, 5) is 47.4. The summed E-state index contributed by atoms with van der Waals surface area (Å²) in [6, 6.07) is 6.52. The van der Waals surface area contributed by atoms with Crippen LogP contribution in [0.3, 0.4) is 0 Å². The molecule has 31 heavy (non-hydrogen) atoms. The van der Waals surface area contributed by atoms with Gasteiger partial charge in [0, 0.05) is 24.6 Å². The molecule has 0 bridgehead atoms. The second kappa shape index (κ2) is 13.4. The molecule has 0 saturated heterocycles. The minimum atomic E-state index is -0.519. The first kappa shape index (κ1) is 24.4. The van der Waals surface area contributed by atoms with Gasteiger partial charge in [-0.15, -0.1) is 0 Å². The van der Waals surface area contributed by atoms with Crippen LogP contribution < -0.4 is 10.6 Å². The topological polar surface area (TPSA) is 111 Å². The highest BCUT2D eigenvalue weighted by Gasteiger charge is 2.16. The Kier molecular flexibility index (Phi) is 10.5. The maximum atomic E-state index is 11.9. The molecule has 0 spiro atoms. The van der Waals surface area contributed by atoms with E-state index in [9.17, 15) is 19.2 Å². The zero-order chi connectivity index (χ0) is 22.5. The fourth-order valence-electron chi connectivity index (χ4n) is 3.32. The highest BCUT2D eigenvalue weighted by Crippen LogP contribution is 2.17. The Hall–Kier alpha value is -2.90. The van der Waals surface area contributed by atoms with Gasteiger partial charge in [-0.25, -0.2) is 4.79 Å². The lowest BCUT2D eigenvalue weighted by Crippen LogP contribution is -2.36. The molecule has 0 heterocycles. The fraction of sp³-hybridized carbons (Fsp3) is 0.565. The SMILES string of the molecule is CCCOC(=O)c1ccc(NC(=O)COC(=O)CCCC(=O)NC2CCCCC2)cc1. The predicted molar refractivity (Wildman–Crippen MR) is 115 cm³/mol. The second-order valence-electron chi connectivity index (χ2n) is 7.68. The van der Waals surface area contributed by atoms with Crippen molar-refractivity contribution in [2.75, 3.05) is 18.5 Å². The van der Waals surface area contributed by atoms with E-state index in [1.807, 2.05) is 6.92 Å². The molecule has 8 nitrogen and oxygen atoms in total. The Balaban J connectivity index is 1.60. The average Bonchev–Trinajstić information content (AvgIpc) is 2.77. The maximum absolute atomic E-state index is 11.9. The number of ether oxygens (including phenoxy) is 2. The molecule has 0 radical (unpaired) electrons. The van der Waals surface area contributed by atoms with E-state index < -0.39 is 24.5 Å². The summed E-state index contributed by atoms with van der Waals surface area (Å²) in [5.41, 5.74) is 0.873. The smallest absolute Gasteiger partial charge is 0.338 e. The molecule has 0 atom stereocenters. The lowest BCUT2D eigenvalue weighted by Gasteiger charge is -2.22. The first-order valence-corrected chi connectivity index (χ1v) is 11.0. The molecule has 2 amide bonds. The van der Waals surface area contributed by atoms with Crippen LogP contribution in [0.5, 0.6) is 0 Å². The molecule has 1 saturated carbocycles. The standard InChI is InChI=1S/C23H32N2O6/c1-2-15-30-23(29)17-11-13-19(14-12-17)25-21(27)16-31-22(28)10-6-9-20(26)24-18-7-4-3-5-8-18/h11-14,18H,2-10,15-16H2,1H3,(H,24,26)(H,25,27). The minimum absolute atomic E-state index is 0.0422. The van der Waals surface area contributed by atoms with E-state index in [1.54, 1.807) is 24.3 Å². The summed E-state index contributed by atoms with van der Waals surface area (Å²) in [6.07, 6.45) is 7.05. The van der Waals surface area contributed by atoms with E-state index in [0.717, 1.165) is 32.1 Å². The van der Waals surface area contributed by atoms with Crippen LogP contribution in [0.4, 0.5) is 5.69 Å². The minimum Gasteiger partial charge on any atom is -0.462 e. The molecule has 1 aliphatic carbocycles. The zero-order valence-electron chi connectivity index (χ0n) is 18.1. The molecular formula is C23H32N2O6. The molecule has 2 rings (SSSR count). The van der Waals surface area contributed by atoms with E-state index in [-0.39, 0.29) is 24.8 Å². The number of amides is 2. The van der Waals surface area contributed by atoms with Gasteiger partial charge in [-0.05, 0) is 49.9 Å². The Morgan fingerprint density at radius 2 is 1.65 bits per heavy atom. The van der Waals surface area contributed by atoms with Crippen LogP contribution in [0.15, 0.2) is 24.3 Å². The lowest BCUT2D eigenvalue weighted by molar-refractivity contribution is -0.147. The number of benzene rings is 1. The monoisotopic (exact) mass is 432 g/mol. The van der Waals surface area contributed by atoms with E-state index in [1.165, 1.54) is 6.42 Å². The second-order valence-corrected chi connectivity index (χ2v) is 7.68. The average molecular weight is 433 g/mol. The Morgan fingerprint density at radius 3 is 2.32 bits per heavy atom. The fourth-order valence-corrected chi connectivity index (χ4v) is 3.32. The van der Waals surface area contributed by atoms with Crippen molar-refractivity contribution < 1.29 is 28.7 Å². The van der Waals surface area contributed by atoms with Gasteiger partial charge in [0.2, 0.25) is 5.91 Å². The van der Waals surface area contributed by atoms with Crippen molar-refractivity contribution in [3.63, 3.8) is 0 Å². The van der Waals surface area contributed by atoms with Crippen molar-refractivity contribution in [2.24, 2.45) is 0 Å². The third-order valence-electron chi connectivity index (χ3n) is 4.96. The van der Waals surface area contributed by atoms with Gasteiger partial charge in [0.15, 0.2) is 6.61 Å². The van der Waals surface area contributed by atoms with Crippen LogP contribution in [0.1, 0.15) is 75.1 Å². The number of carbonyl (C=O) groups is 4. The number of esters is 2.